The molecule has 1 aromatic heterocycles. The van der Waals surface area contributed by atoms with Gasteiger partial charge in [0.2, 0.25) is 0 Å². The molecule has 3 heterocycles. The summed E-state index contributed by atoms with van der Waals surface area (Å²) in [6.07, 6.45) is 2.64. The van der Waals surface area contributed by atoms with Gasteiger partial charge in [0, 0.05) is 67.7 Å². The summed E-state index contributed by atoms with van der Waals surface area (Å²) in [5, 5.41) is 3.14. The first-order valence-corrected chi connectivity index (χ1v) is 12.9. The number of anilines is 3. The highest BCUT2D eigenvalue weighted by atomic mass is 31.1. The number of halogens is 1. The number of urea groups is 1. The Morgan fingerprint density at radius 3 is 2.57 bits per heavy atom. The lowest BCUT2D eigenvalue weighted by molar-refractivity contribution is 0.212. The minimum Gasteiger partial charge on any atom is -0.373 e. The summed E-state index contributed by atoms with van der Waals surface area (Å²) >= 11 is 0. The Balaban J connectivity index is 1.52. The Labute approximate surface area is 210 Å². The second-order valence-corrected chi connectivity index (χ2v) is 12.3. The molecule has 2 aliphatic heterocycles. The number of pyridine rings is 1. The molecule has 9 heteroatoms. The van der Waals surface area contributed by atoms with E-state index in [2.05, 4.69) is 50.7 Å². The smallest absolute Gasteiger partial charge is 0.322 e. The minimum atomic E-state index is -0.335. The van der Waals surface area contributed by atoms with Gasteiger partial charge in [-0.25, -0.2) is 14.2 Å². The largest absolute Gasteiger partial charge is 0.373 e. The van der Waals surface area contributed by atoms with Gasteiger partial charge in [0.05, 0.1) is 5.69 Å². The van der Waals surface area contributed by atoms with Crippen LogP contribution in [0.3, 0.4) is 0 Å². The normalized spacial score (nSPS) is 17.2. The molecular formula is C26H30FN5OP2. The number of amides is 2. The van der Waals surface area contributed by atoms with Crippen molar-refractivity contribution in [3.8, 4) is 11.1 Å². The van der Waals surface area contributed by atoms with Gasteiger partial charge >= 0.3 is 6.03 Å². The maximum Gasteiger partial charge on any atom is 0.322 e. The number of carbonyl (C=O) groups is 1. The van der Waals surface area contributed by atoms with E-state index in [-0.39, 0.29) is 16.7 Å². The zero-order valence-corrected chi connectivity index (χ0v) is 22.1. The molecule has 182 valence electrons. The van der Waals surface area contributed by atoms with E-state index in [9.17, 15) is 9.18 Å². The number of nitrogens with zero attached hydrogens (tertiary/aromatic N) is 4. The summed E-state index contributed by atoms with van der Waals surface area (Å²) in [5.41, 5.74) is 3.83. The van der Waals surface area contributed by atoms with Crippen molar-refractivity contribution in [1.29, 1.82) is 0 Å². The third-order valence-corrected chi connectivity index (χ3v) is 7.66. The lowest BCUT2D eigenvalue weighted by Crippen LogP contribution is -2.38. The van der Waals surface area contributed by atoms with E-state index in [0.717, 1.165) is 37.3 Å². The average molecular weight is 510 g/mol. The Kier molecular flexibility index (Phi) is 6.65. The quantitative estimate of drug-likeness (QED) is 0.504. The van der Waals surface area contributed by atoms with Crippen LogP contribution in [0.5, 0.6) is 0 Å². The number of hydrogen-bond donors (Lipinski definition) is 1. The fourth-order valence-electron chi connectivity index (χ4n) is 4.81. The molecule has 2 atom stereocenters. The summed E-state index contributed by atoms with van der Waals surface area (Å²) in [6, 6.07) is 16.3. The number of para-hydroxylation sites is 1. The molecular weight excluding hydrogens is 479 g/mol. The third kappa shape index (κ3) is 4.98. The standard InChI is InChI=1S/C26H30FN5OP2/c1-30-14-15-31(16-18-6-2-5-9-22(18)30)25(33)29-23-20(19-7-3-4-8-21(19)27)10-12-28-24(23)32-13-11-26(34,35)17-32/h2-10,12H,11,13-17,34-35H2,1H3,(H,29,33). The zero-order chi connectivity index (χ0) is 24.6. The molecule has 6 nitrogen and oxygen atoms in total. The average Bonchev–Trinajstić information content (AvgIpc) is 3.12. The number of fused-ring (bicyclic) bond motifs is 1. The van der Waals surface area contributed by atoms with Crippen LogP contribution in [0.2, 0.25) is 0 Å². The van der Waals surface area contributed by atoms with Crippen LogP contribution in [0.4, 0.5) is 26.4 Å². The van der Waals surface area contributed by atoms with Gasteiger partial charge < -0.3 is 20.0 Å². The Hall–Kier alpha value is -2.75. The summed E-state index contributed by atoms with van der Waals surface area (Å²) in [6.45, 7) is 3.35. The first-order valence-electron chi connectivity index (χ1n) is 11.7. The number of carbonyl (C=O) groups excluding carboxylic acids is 1. The van der Waals surface area contributed by atoms with Gasteiger partial charge in [0.25, 0.3) is 0 Å². The Morgan fingerprint density at radius 2 is 1.80 bits per heavy atom. The van der Waals surface area contributed by atoms with E-state index in [0.29, 0.717) is 35.7 Å². The molecule has 35 heavy (non-hydrogen) atoms. The number of aromatic nitrogens is 1. The lowest BCUT2D eigenvalue weighted by atomic mass is 10.0. The summed E-state index contributed by atoms with van der Waals surface area (Å²) < 4.78 is 14.9. The van der Waals surface area contributed by atoms with Gasteiger partial charge in [-0.1, -0.05) is 36.4 Å². The van der Waals surface area contributed by atoms with Crippen molar-refractivity contribution >= 4 is 41.7 Å². The van der Waals surface area contributed by atoms with Gasteiger partial charge in [-0.3, -0.25) is 0 Å². The third-order valence-electron chi connectivity index (χ3n) is 6.72. The van der Waals surface area contributed by atoms with Crippen molar-refractivity contribution < 1.29 is 9.18 Å². The van der Waals surface area contributed by atoms with Crippen LogP contribution in [-0.2, 0) is 6.54 Å². The van der Waals surface area contributed by atoms with Crippen LogP contribution in [-0.4, -0.2) is 54.0 Å². The molecule has 0 saturated carbocycles. The summed E-state index contributed by atoms with van der Waals surface area (Å²) in [5.74, 6) is 0.330. The highest BCUT2D eigenvalue weighted by Crippen LogP contribution is 2.43. The molecule has 1 saturated heterocycles. The maximum atomic E-state index is 14.9. The maximum absolute atomic E-state index is 14.9. The highest BCUT2D eigenvalue weighted by Gasteiger charge is 2.33. The molecule has 0 spiro atoms. The van der Waals surface area contributed by atoms with Gasteiger partial charge in [-0.05, 0) is 30.2 Å². The lowest BCUT2D eigenvalue weighted by Gasteiger charge is -2.27. The van der Waals surface area contributed by atoms with Crippen LogP contribution in [0.1, 0.15) is 12.0 Å². The minimum absolute atomic E-state index is 0.0178. The highest BCUT2D eigenvalue weighted by molar-refractivity contribution is 7.40. The van der Waals surface area contributed by atoms with Crippen molar-refractivity contribution in [2.45, 2.75) is 17.9 Å². The number of rotatable bonds is 3. The van der Waals surface area contributed by atoms with E-state index in [4.69, 9.17) is 0 Å². The topological polar surface area (TPSA) is 51.7 Å². The monoisotopic (exact) mass is 509 g/mol. The fraction of sp³-hybridized carbons (Fsp3) is 0.308. The first-order chi connectivity index (χ1) is 16.8. The zero-order valence-electron chi connectivity index (χ0n) is 19.7. The second kappa shape index (κ2) is 9.72. The predicted molar refractivity (Wildman–Crippen MR) is 148 cm³/mol. The van der Waals surface area contributed by atoms with Crippen LogP contribution in [0.15, 0.2) is 60.8 Å². The molecule has 3 aromatic rings. The van der Waals surface area contributed by atoms with E-state index >= 15 is 0 Å². The first kappa shape index (κ1) is 24.0. The molecule has 2 aliphatic rings. The van der Waals surface area contributed by atoms with Crippen molar-refractivity contribution in [3.63, 3.8) is 0 Å². The van der Waals surface area contributed by atoms with Crippen molar-refractivity contribution in [3.05, 3.63) is 72.2 Å². The van der Waals surface area contributed by atoms with Gasteiger partial charge in [-0.15, -0.1) is 18.5 Å². The van der Waals surface area contributed by atoms with Gasteiger partial charge in [-0.2, -0.15) is 0 Å². The molecule has 1 N–H and O–H groups in total. The van der Waals surface area contributed by atoms with Gasteiger partial charge in [0.1, 0.15) is 5.82 Å². The molecule has 5 rings (SSSR count). The molecule has 2 aromatic carbocycles. The van der Waals surface area contributed by atoms with E-state index in [1.807, 2.05) is 24.1 Å². The van der Waals surface area contributed by atoms with E-state index < -0.39 is 0 Å². The van der Waals surface area contributed by atoms with Crippen molar-refractivity contribution in [1.82, 2.24) is 9.88 Å². The molecule has 0 aliphatic carbocycles. The molecule has 1 fully saturated rings. The SMILES string of the molecule is CN1CCN(C(=O)Nc2c(-c3ccccc3F)ccnc2N2CCC(P)(P)C2)Cc2ccccc21. The van der Waals surface area contributed by atoms with Crippen LogP contribution >= 0.6 is 18.5 Å². The summed E-state index contributed by atoms with van der Waals surface area (Å²) in [4.78, 5) is 24.4. The van der Waals surface area contributed by atoms with Crippen molar-refractivity contribution in [2.24, 2.45) is 0 Å². The molecule has 2 amide bonds. The fourth-order valence-corrected chi connectivity index (χ4v) is 5.51. The van der Waals surface area contributed by atoms with Gasteiger partial charge in [0.15, 0.2) is 5.82 Å². The summed E-state index contributed by atoms with van der Waals surface area (Å²) in [7, 11) is 7.82. The predicted octanol–water partition coefficient (Wildman–Crippen LogP) is 5.03. The molecule has 2 unspecified atom stereocenters. The number of hydrogen-bond acceptors (Lipinski definition) is 4. The second-order valence-electron chi connectivity index (χ2n) is 9.34. The van der Waals surface area contributed by atoms with E-state index in [1.54, 1.807) is 30.5 Å². The van der Waals surface area contributed by atoms with Crippen LogP contribution in [0.25, 0.3) is 11.1 Å². The van der Waals surface area contributed by atoms with Crippen LogP contribution in [0, 0.1) is 5.82 Å². The van der Waals surface area contributed by atoms with E-state index in [1.165, 1.54) is 6.07 Å². The van der Waals surface area contributed by atoms with Crippen LogP contribution < -0.4 is 15.1 Å². The number of likely N-dealkylation sites (N-methyl/N-ethyl adjacent to an activating group) is 1. The number of nitrogens with one attached hydrogen (secondary N) is 1. The Bertz CT molecular complexity index is 1250. The molecule has 0 radical (unpaired) electrons. The molecule has 0 bridgehead atoms. The van der Waals surface area contributed by atoms with Crippen molar-refractivity contribution in [2.75, 3.05) is 48.3 Å². The Morgan fingerprint density at radius 1 is 1.03 bits per heavy atom. The number of benzene rings is 2.